The van der Waals surface area contributed by atoms with Gasteiger partial charge in [-0.1, -0.05) is 17.7 Å². The van der Waals surface area contributed by atoms with Gasteiger partial charge < -0.3 is 18.7 Å². The van der Waals surface area contributed by atoms with Crippen molar-refractivity contribution in [2.45, 2.75) is 18.9 Å². The smallest absolute Gasteiger partial charge is 0.256 e. The second-order valence-corrected chi connectivity index (χ2v) is 6.53. The Bertz CT molecular complexity index is 891. The topological polar surface area (TPSA) is 53.7 Å². The second-order valence-electron chi connectivity index (χ2n) is 6.09. The number of halogens is 1. The highest BCUT2D eigenvalue weighted by Gasteiger charge is 2.24. The molecule has 0 aliphatic heterocycles. The van der Waals surface area contributed by atoms with E-state index < -0.39 is 0 Å². The Morgan fingerprint density at radius 1 is 1.15 bits per heavy atom. The Labute approximate surface area is 156 Å². The monoisotopic (exact) mass is 371 g/mol. The maximum absolute atomic E-state index is 6.16. The van der Waals surface area contributed by atoms with Gasteiger partial charge in [-0.2, -0.15) is 0 Å². The molecule has 0 saturated heterocycles. The average molecular weight is 372 g/mol. The zero-order chi connectivity index (χ0) is 17.9. The number of ether oxygens (including phenoxy) is 3. The van der Waals surface area contributed by atoms with Crippen LogP contribution in [0.25, 0.3) is 11.3 Å². The molecule has 1 atom stereocenters. The van der Waals surface area contributed by atoms with E-state index in [2.05, 4.69) is 11.2 Å². The minimum Gasteiger partial charge on any atom is -0.486 e. The summed E-state index contributed by atoms with van der Waals surface area (Å²) in [5.41, 5.74) is 3.38. The SMILES string of the molecule is COCOc1cc(-c2ccc(OC3CCc4cc(Cl)ccc43)cc2)on1. The van der Waals surface area contributed by atoms with Crippen molar-refractivity contribution in [1.29, 1.82) is 0 Å². The van der Waals surface area contributed by atoms with E-state index in [1.807, 2.05) is 36.4 Å². The summed E-state index contributed by atoms with van der Waals surface area (Å²) < 4.78 is 21.5. The fourth-order valence-corrected chi connectivity index (χ4v) is 3.31. The normalized spacial score (nSPS) is 15.7. The van der Waals surface area contributed by atoms with Crippen LogP contribution < -0.4 is 9.47 Å². The summed E-state index contributed by atoms with van der Waals surface area (Å²) in [7, 11) is 1.55. The molecule has 0 saturated carbocycles. The van der Waals surface area contributed by atoms with E-state index in [1.165, 1.54) is 11.1 Å². The van der Waals surface area contributed by atoms with E-state index in [4.69, 9.17) is 30.3 Å². The number of hydrogen-bond acceptors (Lipinski definition) is 5. The fourth-order valence-electron chi connectivity index (χ4n) is 3.11. The zero-order valence-corrected chi connectivity index (χ0v) is 15.0. The van der Waals surface area contributed by atoms with E-state index in [-0.39, 0.29) is 12.9 Å². The van der Waals surface area contributed by atoms with Gasteiger partial charge in [-0.3, -0.25) is 0 Å². The molecule has 0 fully saturated rings. The van der Waals surface area contributed by atoms with Crippen LogP contribution in [-0.4, -0.2) is 19.1 Å². The van der Waals surface area contributed by atoms with Gasteiger partial charge >= 0.3 is 0 Å². The standard InChI is InChI=1S/C20H18ClNO4/c1-23-12-24-20-11-19(26-22-20)13-2-6-16(7-3-13)25-18-9-4-14-10-15(21)5-8-17(14)18/h2-3,5-8,10-11,18H,4,9,12H2,1H3. The molecule has 0 bridgehead atoms. The quantitative estimate of drug-likeness (QED) is 0.568. The summed E-state index contributed by atoms with van der Waals surface area (Å²) in [6, 6.07) is 15.5. The Kier molecular flexibility index (Phi) is 4.82. The van der Waals surface area contributed by atoms with Crippen LogP contribution in [0, 0.1) is 0 Å². The summed E-state index contributed by atoms with van der Waals surface area (Å²) in [4.78, 5) is 0. The molecule has 0 spiro atoms. The largest absolute Gasteiger partial charge is 0.486 e. The van der Waals surface area contributed by atoms with Gasteiger partial charge in [0.1, 0.15) is 11.9 Å². The molecule has 5 nitrogen and oxygen atoms in total. The van der Waals surface area contributed by atoms with Crippen LogP contribution in [0.5, 0.6) is 11.6 Å². The van der Waals surface area contributed by atoms with Crippen LogP contribution in [0.1, 0.15) is 23.7 Å². The molecular weight excluding hydrogens is 354 g/mol. The molecule has 0 amide bonds. The molecular formula is C20H18ClNO4. The lowest BCUT2D eigenvalue weighted by Gasteiger charge is -2.15. The molecule has 134 valence electrons. The van der Waals surface area contributed by atoms with Crippen LogP contribution >= 0.6 is 11.6 Å². The van der Waals surface area contributed by atoms with E-state index in [0.717, 1.165) is 29.2 Å². The average Bonchev–Trinajstić information content (AvgIpc) is 3.28. The van der Waals surface area contributed by atoms with Gasteiger partial charge in [0.2, 0.25) is 0 Å². The third-order valence-electron chi connectivity index (χ3n) is 4.36. The van der Waals surface area contributed by atoms with Crippen molar-refractivity contribution in [3.8, 4) is 23.0 Å². The number of benzene rings is 2. The molecule has 2 aromatic carbocycles. The summed E-state index contributed by atoms with van der Waals surface area (Å²) in [5, 5.41) is 4.62. The number of aromatic nitrogens is 1. The number of hydrogen-bond donors (Lipinski definition) is 0. The molecule has 1 aliphatic carbocycles. The summed E-state index contributed by atoms with van der Waals surface area (Å²) in [6.45, 7) is 0.132. The second kappa shape index (κ2) is 7.40. The number of fused-ring (bicyclic) bond motifs is 1. The first-order chi connectivity index (χ1) is 12.7. The highest BCUT2D eigenvalue weighted by atomic mass is 35.5. The lowest BCUT2D eigenvalue weighted by molar-refractivity contribution is 0.0453. The van der Waals surface area contributed by atoms with E-state index in [9.17, 15) is 0 Å². The Hall–Kier alpha value is -2.50. The molecule has 1 aromatic heterocycles. The molecule has 3 aromatic rings. The van der Waals surface area contributed by atoms with Crippen LogP contribution in [0.2, 0.25) is 5.02 Å². The maximum Gasteiger partial charge on any atom is 0.256 e. The highest BCUT2D eigenvalue weighted by molar-refractivity contribution is 6.30. The highest BCUT2D eigenvalue weighted by Crippen LogP contribution is 2.36. The molecule has 1 heterocycles. The van der Waals surface area contributed by atoms with Crippen molar-refractivity contribution in [1.82, 2.24) is 5.16 Å². The van der Waals surface area contributed by atoms with Crippen LogP contribution in [0.4, 0.5) is 0 Å². The Morgan fingerprint density at radius 3 is 2.81 bits per heavy atom. The minimum atomic E-state index is 0.0624. The van der Waals surface area contributed by atoms with E-state index in [1.54, 1.807) is 13.2 Å². The van der Waals surface area contributed by atoms with Gasteiger partial charge in [-0.15, -0.1) is 0 Å². The number of nitrogens with zero attached hydrogens (tertiary/aromatic N) is 1. The molecule has 1 aliphatic rings. The van der Waals surface area contributed by atoms with Crippen molar-refractivity contribution in [2.24, 2.45) is 0 Å². The molecule has 26 heavy (non-hydrogen) atoms. The van der Waals surface area contributed by atoms with Crippen LogP contribution in [0.3, 0.4) is 0 Å². The van der Waals surface area contributed by atoms with Crippen molar-refractivity contribution >= 4 is 11.6 Å². The van der Waals surface area contributed by atoms with E-state index in [0.29, 0.717) is 11.6 Å². The number of rotatable bonds is 6. The molecule has 0 N–H and O–H groups in total. The van der Waals surface area contributed by atoms with E-state index >= 15 is 0 Å². The van der Waals surface area contributed by atoms with Gasteiger partial charge in [-0.25, -0.2) is 0 Å². The van der Waals surface area contributed by atoms with Crippen molar-refractivity contribution < 1.29 is 18.7 Å². The lowest BCUT2D eigenvalue weighted by atomic mass is 10.1. The van der Waals surface area contributed by atoms with Crippen LogP contribution in [0.15, 0.2) is 53.1 Å². The molecule has 0 radical (unpaired) electrons. The van der Waals surface area contributed by atoms with Crippen molar-refractivity contribution in [3.05, 3.63) is 64.7 Å². The minimum absolute atomic E-state index is 0.0624. The van der Waals surface area contributed by atoms with Gasteiger partial charge in [0.05, 0.1) is 0 Å². The number of methoxy groups -OCH3 is 1. The van der Waals surface area contributed by atoms with Crippen LogP contribution in [-0.2, 0) is 11.2 Å². The lowest BCUT2D eigenvalue weighted by Crippen LogP contribution is -2.03. The first kappa shape index (κ1) is 16.9. The molecule has 6 heteroatoms. The predicted molar refractivity (Wildman–Crippen MR) is 97.6 cm³/mol. The van der Waals surface area contributed by atoms with Gasteiger partial charge in [0.25, 0.3) is 5.88 Å². The Morgan fingerprint density at radius 2 is 2.00 bits per heavy atom. The van der Waals surface area contributed by atoms with Gasteiger partial charge in [0, 0.05) is 23.8 Å². The zero-order valence-electron chi connectivity index (χ0n) is 14.3. The van der Waals surface area contributed by atoms with Gasteiger partial charge in [0.15, 0.2) is 12.6 Å². The molecule has 1 unspecified atom stereocenters. The summed E-state index contributed by atoms with van der Waals surface area (Å²) in [6.07, 6.45) is 2.01. The van der Waals surface area contributed by atoms with Crippen molar-refractivity contribution in [2.75, 3.05) is 13.9 Å². The summed E-state index contributed by atoms with van der Waals surface area (Å²) in [5.74, 6) is 1.84. The third-order valence-corrected chi connectivity index (χ3v) is 4.59. The molecule has 4 rings (SSSR count). The third kappa shape index (κ3) is 3.54. The number of aryl methyl sites for hydroxylation is 1. The maximum atomic E-state index is 6.16. The Balaban J connectivity index is 1.45. The van der Waals surface area contributed by atoms with Gasteiger partial charge in [-0.05, 0) is 65.5 Å². The predicted octanol–water partition coefficient (Wildman–Crippen LogP) is 5.04. The fraction of sp³-hybridized carbons (Fsp3) is 0.250. The first-order valence-electron chi connectivity index (χ1n) is 8.37. The first-order valence-corrected chi connectivity index (χ1v) is 8.74. The van der Waals surface area contributed by atoms with Crippen molar-refractivity contribution in [3.63, 3.8) is 0 Å². The summed E-state index contributed by atoms with van der Waals surface area (Å²) >= 11 is 6.07.